The number of fused-ring (bicyclic) bond motifs is 1. The van der Waals surface area contributed by atoms with E-state index in [0.29, 0.717) is 24.3 Å². The lowest BCUT2D eigenvalue weighted by atomic mass is 10.2. The van der Waals surface area contributed by atoms with Crippen molar-refractivity contribution in [2.75, 3.05) is 18.7 Å². The van der Waals surface area contributed by atoms with Gasteiger partial charge in [-0.15, -0.1) is 0 Å². The van der Waals surface area contributed by atoms with E-state index in [4.69, 9.17) is 9.47 Å². The molecule has 0 saturated heterocycles. The molecule has 0 spiro atoms. The highest BCUT2D eigenvalue weighted by Gasteiger charge is 2.13. The second kappa shape index (κ2) is 7.00. The quantitative estimate of drug-likeness (QED) is 0.860. The van der Waals surface area contributed by atoms with Crippen LogP contribution in [0.4, 0.5) is 10.1 Å². The summed E-state index contributed by atoms with van der Waals surface area (Å²) in [6.07, 6.45) is 0.295. The van der Waals surface area contributed by atoms with Crippen molar-refractivity contribution < 1.29 is 18.7 Å². The van der Waals surface area contributed by atoms with Crippen molar-refractivity contribution in [2.24, 2.45) is 0 Å². The molecule has 2 aromatic carbocycles. The molecule has 5 nitrogen and oxygen atoms in total. The first-order valence-electron chi connectivity index (χ1n) is 7.36. The van der Waals surface area contributed by atoms with Crippen LogP contribution in [0.2, 0.25) is 0 Å². The highest BCUT2D eigenvalue weighted by Crippen LogP contribution is 2.34. The van der Waals surface area contributed by atoms with Gasteiger partial charge >= 0.3 is 0 Å². The van der Waals surface area contributed by atoms with E-state index >= 15 is 0 Å². The topological polar surface area (TPSA) is 59.6 Å². The lowest BCUT2D eigenvalue weighted by Crippen LogP contribution is -2.25. The summed E-state index contributed by atoms with van der Waals surface area (Å²) in [5.74, 6) is 0.963. The Hall–Kier alpha value is -2.76. The monoisotopic (exact) mass is 316 g/mol. The van der Waals surface area contributed by atoms with Crippen molar-refractivity contribution in [3.63, 3.8) is 0 Å². The number of rotatable bonds is 6. The molecule has 1 heterocycles. The molecular formula is C17H17FN2O3. The fourth-order valence-electron chi connectivity index (χ4n) is 2.25. The number of amides is 1. The zero-order chi connectivity index (χ0) is 16.1. The first-order valence-corrected chi connectivity index (χ1v) is 7.36. The van der Waals surface area contributed by atoms with E-state index in [1.165, 1.54) is 6.07 Å². The number of nitrogens with one attached hydrogen (secondary N) is 2. The number of carbonyl (C=O) groups is 1. The smallest absolute Gasteiger partial charge is 0.231 e. The number of hydrogen-bond acceptors (Lipinski definition) is 4. The first kappa shape index (κ1) is 15.1. The maximum absolute atomic E-state index is 13.4. The first-order chi connectivity index (χ1) is 11.2. The minimum atomic E-state index is -0.314. The minimum Gasteiger partial charge on any atom is -0.454 e. The molecule has 0 aromatic heterocycles. The summed E-state index contributed by atoms with van der Waals surface area (Å²) in [4.78, 5) is 11.8. The third-order valence-corrected chi connectivity index (χ3v) is 3.49. The molecule has 3 rings (SSSR count). The summed E-state index contributed by atoms with van der Waals surface area (Å²) in [7, 11) is 0. The largest absolute Gasteiger partial charge is 0.454 e. The van der Waals surface area contributed by atoms with Crippen molar-refractivity contribution in [3.05, 3.63) is 53.8 Å². The van der Waals surface area contributed by atoms with Crippen molar-refractivity contribution in [2.45, 2.75) is 13.0 Å². The van der Waals surface area contributed by atoms with Crippen LogP contribution in [0.15, 0.2) is 42.5 Å². The Bertz CT molecular complexity index is 706. The predicted octanol–water partition coefficient (Wildman–Crippen LogP) is 2.67. The fourth-order valence-corrected chi connectivity index (χ4v) is 2.25. The number of benzene rings is 2. The SMILES string of the molecule is O=C(CCNc1ccc2c(c1)OCO2)NCc1ccccc1F. The second-order valence-corrected chi connectivity index (χ2v) is 5.11. The molecule has 0 fully saturated rings. The van der Waals surface area contributed by atoms with Crippen LogP contribution in [0.5, 0.6) is 11.5 Å². The molecule has 0 unspecified atom stereocenters. The minimum absolute atomic E-state index is 0.138. The van der Waals surface area contributed by atoms with E-state index in [2.05, 4.69) is 10.6 Å². The van der Waals surface area contributed by atoms with Crippen molar-refractivity contribution in [1.82, 2.24) is 5.32 Å². The lowest BCUT2D eigenvalue weighted by Gasteiger charge is -2.08. The van der Waals surface area contributed by atoms with E-state index in [0.717, 1.165) is 11.4 Å². The Morgan fingerprint density at radius 3 is 2.83 bits per heavy atom. The van der Waals surface area contributed by atoms with Crippen LogP contribution in [0.25, 0.3) is 0 Å². The van der Waals surface area contributed by atoms with Gasteiger partial charge in [0.15, 0.2) is 11.5 Å². The highest BCUT2D eigenvalue weighted by atomic mass is 19.1. The maximum Gasteiger partial charge on any atom is 0.231 e. The summed E-state index contributed by atoms with van der Waals surface area (Å²) >= 11 is 0. The molecule has 1 aliphatic rings. The van der Waals surface area contributed by atoms with Crippen molar-refractivity contribution in [3.8, 4) is 11.5 Å². The highest BCUT2D eigenvalue weighted by molar-refractivity contribution is 5.76. The molecule has 1 amide bonds. The van der Waals surface area contributed by atoms with Gasteiger partial charge in [-0.3, -0.25) is 4.79 Å². The van der Waals surface area contributed by atoms with Crippen LogP contribution in [0.3, 0.4) is 0 Å². The van der Waals surface area contributed by atoms with E-state index in [1.807, 2.05) is 18.2 Å². The molecule has 2 aromatic rings. The predicted molar refractivity (Wildman–Crippen MR) is 83.9 cm³/mol. The Morgan fingerprint density at radius 2 is 1.96 bits per heavy atom. The van der Waals surface area contributed by atoms with Gasteiger partial charge in [0.1, 0.15) is 5.82 Å². The van der Waals surface area contributed by atoms with Crippen LogP contribution in [-0.4, -0.2) is 19.2 Å². The zero-order valence-electron chi connectivity index (χ0n) is 12.5. The molecule has 0 aliphatic carbocycles. The summed E-state index contributed by atoms with van der Waals surface area (Å²) < 4.78 is 24.0. The molecule has 2 N–H and O–H groups in total. The number of carbonyl (C=O) groups excluding carboxylic acids is 1. The molecule has 0 bridgehead atoms. The fraction of sp³-hybridized carbons (Fsp3) is 0.235. The second-order valence-electron chi connectivity index (χ2n) is 5.11. The van der Waals surface area contributed by atoms with E-state index in [1.54, 1.807) is 18.2 Å². The summed E-state index contributed by atoms with van der Waals surface area (Å²) in [6, 6.07) is 11.9. The number of ether oxygens (including phenoxy) is 2. The van der Waals surface area contributed by atoms with Gasteiger partial charge in [-0.2, -0.15) is 0 Å². The third kappa shape index (κ3) is 3.91. The molecule has 1 aliphatic heterocycles. The van der Waals surface area contributed by atoms with Gasteiger partial charge in [0.25, 0.3) is 0 Å². The zero-order valence-corrected chi connectivity index (χ0v) is 12.5. The molecule has 0 radical (unpaired) electrons. The number of anilines is 1. The third-order valence-electron chi connectivity index (χ3n) is 3.49. The van der Waals surface area contributed by atoms with Gasteiger partial charge in [0, 0.05) is 36.8 Å². The van der Waals surface area contributed by atoms with Gasteiger partial charge in [-0.05, 0) is 18.2 Å². The molecule has 6 heteroatoms. The summed E-state index contributed by atoms with van der Waals surface area (Å²) in [6.45, 7) is 0.898. The van der Waals surface area contributed by atoms with Gasteiger partial charge in [-0.1, -0.05) is 18.2 Å². The molecule has 23 heavy (non-hydrogen) atoms. The van der Waals surface area contributed by atoms with Gasteiger partial charge in [-0.25, -0.2) is 4.39 Å². The summed E-state index contributed by atoms with van der Waals surface area (Å²) in [5.41, 5.74) is 1.33. The van der Waals surface area contributed by atoms with Gasteiger partial charge in [0.2, 0.25) is 12.7 Å². The van der Waals surface area contributed by atoms with Crippen LogP contribution in [-0.2, 0) is 11.3 Å². The Labute approximate surface area is 133 Å². The van der Waals surface area contributed by atoms with Crippen LogP contribution < -0.4 is 20.1 Å². The molecule has 0 atom stereocenters. The normalized spacial score (nSPS) is 12.0. The average Bonchev–Trinajstić information content (AvgIpc) is 3.02. The Morgan fingerprint density at radius 1 is 1.13 bits per heavy atom. The van der Waals surface area contributed by atoms with Gasteiger partial charge in [0.05, 0.1) is 0 Å². The Kier molecular flexibility index (Phi) is 4.61. The standard InChI is InChI=1S/C17H17FN2O3/c18-14-4-2-1-3-12(14)10-20-17(21)7-8-19-13-5-6-15-16(9-13)23-11-22-15/h1-6,9,19H,7-8,10-11H2,(H,20,21). The van der Waals surface area contributed by atoms with Crippen molar-refractivity contribution >= 4 is 11.6 Å². The average molecular weight is 316 g/mol. The number of hydrogen-bond donors (Lipinski definition) is 2. The van der Waals surface area contributed by atoms with Crippen LogP contribution >= 0.6 is 0 Å². The summed E-state index contributed by atoms with van der Waals surface area (Å²) in [5, 5.41) is 5.85. The van der Waals surface area contributed by atoms with Crippen molar-refractivity contribution in [1.29, 1.82) is 0 Å². The Balaban J connectivity index is 1.42. The van der Waals surface area contributed by atoms with E-state index in [-0.39, 0.29) is 25.1 Å². The van der Waals surface area contributed by atoms with Crippen LogP contribution in [0, 0.1) is 5.82 Å². The van der Waals surface area contributed by atoms with E-state index in [9.17, 15) is 9.18 Å². The van der Waals surface area contributed by atoms with Gasteiger partial charge < -0.3 is 20.1 Å². The lowest BCUT2D eigenvalue weighted by molar-refractivity contribution is -0.121. The van der Waals surface area contributed by atoms with Crippen LogP contribution in [0.1, 0.15) is 12.0 Å². The van der Waals surface area contributed by atoms with E-state index < -0.39 is 0 Å². The molecule has 120 valence electrons. The molecular weight excluding hydrogens is 299 g/mol. The number of halogens is 1. The molecule has 0 saturated carbocycles. The maximum atomic E-state index is 13.4.